The largest absolute Gasteiger partial charge is 0.481 e. The van der Waals surface area contributed by atoms with E-state index in [4.69, 9.17) is 5.11 Å². The summed E-state index contributed by atoms with van der Waals surface area (Å²) in [4.78, 5) is 12.7. The van der Waals surface area contributed by atoms with Gasteiger partial charge >= 0.3 is 5.97 Å². The SMILES string of the molecule is O=C(O)CCCCCN1CCSCC1. The molecule has 1 N–H and O–H groups in total. The van der Waals surface area contributed by atoms with Gasteiger partial charge in [0.25, 0.3) is 0 Å². The number of rotatable bonds is 6. The number of unbranched alkanes of at least 4 members (excludes halogenated alkanes) is 2. The number of hydrogen-bond acceptors (Lipinski definition) is 3. The first-order valence-electron chi connectivity index (χ1n) is 5.31. The van der Waals surface area contributed by atoms with E-state index in [2.05, 4.69) is 4.90 Å². The van der Waals surface area contributed by atoms with Crippen LogP contribution in [0.4, 0.5) is 0 Å². The van der Waals surface area contributed by atoms with Crippen molar-refractivity contribution in [1.29, 1.82) is 0 Å². The minimum Gasteiger partial charge on any atom is -0.481 e. The fraction of sp³-hybridized carbons (Fsp3) is 0.900. The average molecular weight is 217 g/mol. The second-order valence-electron chi connectivity index (χ2n) is 3.66. The van der Waals surface area contributed by atoms with Crippen molar-refractivity contribution in [3.8, 4) is 0 Å². The minimum atomic E-state index is -0.667. The molecule has 1 aliphatic heterocycles. The highest BCUT2D eigenvalue weighted by Crippen LogP contribution is 2.10. The summed E-state index contributed by atoms with van der Waals surface area (Å²) in [6, 6.07) is 0. The highest BCUT2D eigenvalue weighted by Gasteiger charge is 2.09. The maximum Gasteiger partial charge on any atom is 0.303 e. The molecule has 14 heavy (non-hydrogen) atoms. The van der Waals surface area contributed by atoms with Gasteiger partial charge in [-0.05, 0) is 19.4 Å². The van der Waals surface area contributed by atoms with Crippen molar-refractivity contribution in [2.24, 2.45) is 0 Å². The molecule has 0 amide bonds. The summed E-state index contributed by atoms with van der Waals surface area (Å²) < 4.78 is 0. The Bertz CT molecular complexity index is 170. The van der Waals surface area contributed by atoms with Gasteiger partial charge in [-0.15, -0.1) is 0 Å². The molecule has 0 aliphatic carbocycles. The molecule has 0 radical (unpaired) electrons. The van der Waals surface area contributed by atoms with Crippen LogP contribution >= 0.6 is 11.8 Å². The molecule has 0 spiro atoms. The van der Waals surface area contributed by atoms with Gasteiger partial charge in [-0.1, -0.05) is 6.42 Å². The summed E-state index contributed by atoms with van der Waals surface area (Å²) >= 11 is 2.03. The Labute approximate surface area is 89.9 Å². The fourth-order valence-electron chi connectivity index (χ4n) is 1.61. The number of thioether (sulfide) groups is 1. The van der Waals surface area contributed by atoms with Crippen LogP contribution in [0.5, 0.6) is 0 Å². The van der Waals surface area contributed by atoms with Gasteiger partial charge in [0.05, 0.1) is 0 Å². The summed E-state index contributed by atoms with van der Waals surface area (Å²) in [6.07, 6.45) is 3.36. The summed E-state index contributed by atoms with van der Waals surface area (Å²) in [6.45, 7) is 3.58. The highest BCUT2D eigenvalue weighted by atomic mass is 32.2. The van der Waals surface area contributed by atoms with E-state index in [9.17, 15) is 4.79 Å². The molecule has 4 heteroatoms. The molecule has 1 rings (SSSR count). The third-order valence-corrected chi connectivity index (χ3v) is 3.41. The van der Waals surface area contributed by atoms with Gasteiger partial charge in [-0.25, -0.2) is 0 Å². The van der Waals surface area contributed by atoms with Crippen LogP contribution in [-0.2, 0) is 4.79 Å². The molecule has 0 bridgehead atoms. The van der Waals surface area contributed by atoms with Gasteiger partial charge in [-0.3, -0.25) is 4.79 Å². The first-order chi connectivity index (χ1) is 6.79. The Balaban J connectivity index is 1.90. The summed E-state index contributed by atoms with van der Waals surface area (Å²) in [5.74, 6) is 1.85. The smallest absolute Gasteiger partial charge is 0.303 e. The van der Waals surface area contributed by atoms with E-state index in [0.717, 1.165) is 25.8 Å². The Morgan fingerprint density at radius 3 is 2.57 bits per heavy atom. The van der Waals surface area contributed by atoms with E-state index in [1.165, 1.54) is 24.6 Å². The molecule has 1 aliphatic rings. The van der Waals surface area contributed by atoms with E-state index in [0.29, 0.717) is 6.42 Å². The van der Waals surface area contributed by atoms with Crippen molar-refractivity contribution in [3.63, 3.8) is 0 Å². The topological polar surface area (TPSA) is 40.5 Å². The molecular weight excluding hydrogens is 198 g/mol. The lowest BCUT2D eigenvalue weighted by Crippen LogP contribution is -2.33. The Hall–Kier alpha value is -0.220. The molecule has 0 saturated carbocycles. The van der Waals surface area contributed by atoms with Crippen LogP contribution in [0.25, 0.3) is 0 Å². The monoisotopic (exact) mass is 217 g/mol. The predicted molar refractivity (Wildman–Crippen MR) is 59.9 cm³/mol. The molecule has 1 heterocycles. The molecule has 1 fully saturated rings. The molecule has 0 atom stereocenters. The molecule has 3 nitrogen and oxygen atoms in total. The first-order valence-corrected chi connectivity index (χ1v) is 6.46. The number of hydrogen-bond donors (Lipinski definition) is 1. The van der Waals surface area contributed by atoms with Gasteiger partial charge in [-0.2, -0.15) is 11.8 Å². The maximum atomic E-state index is 10.3. The maximum absolute atomic E-state index is 10.3. The van der Waals surface area contributed by atoms with Crippen LogP contribution in [0.3, 0.4) is 0 Å². The quantitative estimate of drug-likeness (QED) is 0.687. The number of carbonyl (C=O) groups is 1. The van der Waals surface area contributed by atoms with E-state index >= 15 is 0 Å². The van der Waals surface area contributed by atoms with Crippen LogP contribution in [0.1, 0.15) is 25.7 Å². The van der Waals surface area contributed by atoms with Crippen molar-refractivity contribution < 1.29 is 9.90 Å². The average Bonchev–Trinajstić information content (AvgIpc) is 2.18. The number of nitrogens with zero attached hydrogens (tertiary/aromatic N) is 1. The lowest BCUT2D eigenvalue weighted by atomic mass is 10.2. The lowest BCUT2D eigenvalue weighted by Gasteiger charge is -2.25. The Morgan fingerprint density at radius 2 is 1.93 bits per heavy atom. The number of carboxylic acids is 1. The summed E-state index contributed by atoms with van der Waals surface area (Å²) in [5.41, 5.74) is 0. The number of carboxylic acid groups (broad SMARTS) is 1. The standard InChI is InChI=1S/C10H19NO2S/c12-10(13)4-2-1-3-5-11-6-8-14-9-7-11/h1-9H2,(H,12,13). The van der Waals surface area contributed by atoms with Crippen LogP contribution in [0.15, 0.2) is 0 Å². The number of aliphatic carboxylic acids is 1. The van der Waals surface area contributed by atoms with Crippen molar-refractivity contribution in [1.82, 2.24) is 4.90 Å². The summed E-state index contributed by atoms with van der Waals surface area (Å²) in [5, 5.41) is 8.45. The lowest BCUT2D eigenvalue weighted by molar-refractivity contribution is -0.137. The van der Waals surface area contributed by atoms with E-state index in [1.54, 1.807) is 0 Å². The molecule has 0 aromatic rings. The van der Waals surface area contributed by atoms with E-state index < -0.39 is 5.97 Å². The van der Waals surface area contributed by atoms with Gasteiger partial charge in [0.1, 0.15) is 0 Å². The minimum absolute atomic E-state index is 0.329. The van der Waals surface area contributed by atoms with Crippen LogP contribution < -0.4 is 0 Å². The Morgan fingerprint density at radius 1 is 1.21 bits per heavy atom. The van der Waals surface area contributed by atoms with Gasteiger partial charge in [0.15, 0.2) is 0 Å². The van der Waals surface area contributed by atoms with Crippen molar-refractivity contribution in [2.75, 3.05) is 31.1 Å². The Kier molecular flexibility index (Phi) is 6.03. The third kappa shape index (κ3) is 5.50. The second kappa shape index (κ2) is 7.12. The molecular formula is C10H19NO2S. The normalized spacial score (nSPS) is 18.3. The van der Waals surface area contributed by atoms with Crippen molar-refractivity contribution in [2.45, 2.75) is 25.7 Å². The zero-order valence-corrected chi connectivity index (χ0v) is 9.39. The van der Waals surface area contributed by atoms with Crippen LogP contribution in [-0.4, -0.2) is 47.1 Å². The highest BCUT2D eigenvalue weighted by molar-refractivity contribution is 7.99. The fourth-order valence-corrected chi connectivity index (χ4v) is 2.59. The van der Waals surface area contributed by atoms with Crippen molar-refractivity contribution in [3.05, 3.63) is 0 Å². The molecule has 82 valence electrons. The van der Waals surface area contributed by atoms with Gasteiger partial charge in [0.2, 0.25) is 0 Å². The van der Waals surface area contributed by atoms with Gasteiger partial charge in [0, 0.05) is 31.0 Å². The van der Waals surface area contributed by atoms with Crippen molar-refractivity contribution >= 4 is 17.7 Å². The first kappa shape index (κ1) is 11.9. The van der Waals surface area contributed by atoms with Gasteiger partial charge < -0.3 is 10.0 Å². The van der Waals surface area contributed by atoms with E-state index in [1.807, 2.05) is 11.8 Å². The van der Waals surface area contributed by atoms with E-state index in [-0.39, 0.29) is 0 Å². The molecule has 0 aromatic heterocycles. The van der Waals surface area contributed by atoms with Crippen LogP contribution in [0, 0.1) is 0 Å². The molecule has 0 aromatic carbocycles. The summed E-state index contributed by atoms with van der Waals surface area (Å²) in [7, 11) is 0. The molecule has 1 saturated heterocycles. The second-order valence-corrected chi connectivity index (χ2v) is 4.88. The zero-order valence-electron chi connectivity index (χ0n) is 8.57. The predicted octanol–water partition coefficient (Wildman–Crippen LogP) is 1.68. The third-order valence-electron chi connectivity index (χ3n) is 2.47. The zero-order chi connectivity index (χ0) is 10.2. The van der Waals surface area contributed by atoms with Crippen LogP contribution in [0.2, 0.25) is 0 Å². The molecule has 0 unspecified atom stereocenters.